The third-order valence-electron chi connectivity index (χ3n) is 2.39. The van der Waals surface area contributed by atoms with Gasteiger partial charge in [0.25, 0.3) is 0 Å². The predicted octanol–water partition coefficient (Wildman–Crippen LogP) is 1.90. The molecule has 0 aromatic carbocycles. The minimum Gasteiger partial charge on any atom is -0.444 e. The zero-order valence-electron chi connectivity index (χ0n) is 12.5. The van der Waals surface area contributed by atoms with Crippen molar-refractivity contribution in [1.82, 2.24) is 15.5 Å². The second-order valence-corrected chi connectivity index (χ2v) is 5.84. The molecule has 1 rings (SSSR count). The van der Waals surface area contributed by atoms with Crippen molar-refractivity contribution in [2.24, 2.45) is 5.92 Å². The molecule has 0 radical (unpaired) electrons. The second kappa shape index (κ2) is 6.40. The van der Waals surface area contributed by atoms with E-state index in [2.05, 4.69) is 20.8 Å². The van der Waals surface area contributed by atoms with Gasteiger partial charge in [-0.25, -0.2) is 4.79 Å². The Morgan fingerprint density at radius 1 is 1.35 bits per heavy atom. The highest BCUT2D eigenvalue weighted by molar-refractivity contribution is 5.96. The lowest BCUT2D eigenvalue weighted by Gasteiger charge is -2.25. The molecule has 7 nitrogen and oxygen atoms in total. The Hall–Kier alpha value is -2.05. The average molecular weight is 282 g/mol. The molecule has 3 N–H and O–H groups in total. The van der Waals surface area contributed by atoms with Gasteiger partial charge in [0.2, 0.25) is 5.91 Å². The van der Waals surface area contributed by atoms with E-state index in [0.29, 0.717) is 5.69 Å². The number of hydrogen-bond donors (Lipinski definition) is 3. The van der Waals surface area contributed by atoms with Crippen LogP contribution in [0.2, 0.25) is 0 Å². The molecule has 2 amide bonds. The number of ether oxygens (including phenoxy) is 1. The molecule has 0 saturated carbocycles. The quantitative estimate of drug-likeness (QED) is 0.785. The molecule has 0 fully saturated rings. The standard InChI is InChI=1S/C13H22N4O3/c1-8(2)10(17-12(19)20-13(3,4)5)11(18)16-9-6-14-15-7-9/h6-8,10H,1-5H3,(H,14,15)(H,16,18)(H,17,19). The molecule has 112 valence electrons. The predicted molar refractivity (Wildman–Crippen MR) is 75.2 cm³/mol. The Morgan fingerprint density at radius 2 is 2.00 bits per heavy atom. The molecule has 0 aliphatic heterocycles. The van der Waals surface area contributed by atoms with Crippen LogP contribution in [0, 0.1) is 5.92 Å². The van der Waals surface area contributed by atoms with Crippen LogP contribution in [0.25, 0.3) is 0 Å². The normalized spacial score (nSPS) is 12.9. The summed E-state index contributed by atoms with van der Waals surface area (Å²) in [6.45, 7) is 8.99. The van der Waals surface area contributed by atoms with Crippen molar-refractivity contribution in [3.63, 3.8) is 0 Å². The van der Waals surface area contributed by atoms with Crippen molar-refractivity contribution < 1.29 is 14.3 Å². The summed E-state index contributed by atoms with van der Waals surface area (Å²) >= 11 is 0. The second-order valence-electron chi connectivity index (χ2n) is 5.84. The molecule has 0 aliphatic rings. The summed E-state index contributed by atoms with van der Waals surface area (Å²) in [6.07, 6.45) is 2.43. The maximum absolute atomic E-state index is 12.1. The maximum Gasteiger partial charge on any atom is 0.408 e. The van der Waals surface area contributed by atoms with Gasteiger partial charge >= 0.3 is 6.09 Å². The lowest BCUT2D eigenvalue weighted by Crippen LogP contribution is -2.48. The van der Waals surface area contributed by atoms with Crippen molar-refractivity contribution in [1.29, 1.82) is 0 Å². The average Bonchev–Trinajstić information content (AvgIpc) is 2.75. The summed E-state index contributed by atoms with van der Waals surface area (Å²) in [6, 6.07) is -0.681. The molecule has 1 aromatic heterocycles. The van der Waals surface area contributed by atoms with Crippen molar-refractivity contribution in [3.05, 3.63) is 12.4 Å². The van der Waals surface area contributed by atoms with Crippen LogP contribution < -0.4 is 10.6 Å². The van der Waals surface area contributed by atoms with E-state index >= 15 is 0 Å². The number of nitrogens with one attached hydrogen (secondary N) is 3. The van der Waals surface area contributed by atoms with E-state index in [1.807, 2.05) is 13.8 Å². The van der Waals surface area contributed by atoms with E-state index in [0.717, 1.165) is 0 Å². The fourth-order valence-corrected chi connectivity index (χ4v) is 1.51. The molecule has 1 atom stereocenters. The van der Waals surface area contributed by atoms with Gasteiger partial charge in [0.1, 0.15) is 11.6 Å². The van der Waals surface area contributed by atoms with Gasteiger partial charge in [0.05, 0.1) is 11.9 Å². The van der Waals surface area contributed by atoms with Gasteiger partial charge in [-0.15, -0.1) is 0 Å². The zero-order valence-corrected chi connectivity index (χ0v) is 12.5. The first-order valence-corrected chi connectivity index (χ1v) is 6.48. The number of carbonyl (C=O) groups excluding carboxylic acids is 2. The van der Waals surface area contributed by atoms with E-state index in [1.165, 1.54) is 6.20 Å². The van der Waals surface area contributed by atoms with Gasteiger partial charge in [0, 0.05) is 6.20 Å². The number of anilines is 1. The van der Waals surface area contributed by atoms with Crippen LogP contribution in [0.4, 0.5) is 10.5 Å². The summed E-state index contributed by atoms with van der Waals surface area (Å²) in [5, 5.41) is 11.6. The molecule has 7 heteroatoms. The number of aromatic nitrogens is 2. The van der Waals surface area contributed by atoms with Crippen LogP contribution >= 0.6 is 0 Å². The van der Waals surface area contributed by atoms with Crippen molar-refractivity contribution in [2.75, 3.05) is 5.32 Å². The number of H-pyrrole nitrogens is 1. The third-order valence-corrected chi connectivity index (χ3v) is 2.39. The van der Waals surface area contributed by atoms with Crippen LogP contribution in [0.5, 0.6) is 0 Å². The van der Waals surface area contributed by atoms with Gasteiger partial charge in [-0.05, 0) is 26.7 Å². The van der Waals surface area contributed by atoms with Gasteiger partial charge in [0.15, 0.2) is 0 Å². The Kier molecular flexibility index (Phi) is 5.12. The summed E-state index contributed by atoms with van der Waals surface area (Å²) in [5.74, 6) is -0.387. The number of rotatable bonds is 4. The number of hydrogen-bond acceptors (Lipinski definition) is 4. The summed E-state index contributed by atoms with van der Waals surface area (Å²) in [5.41, 5.74) is -0.0567. The number of nitrogens with zero attached hydrogens (tertiary/aromatic N) is 1. The first-order chi connectivity index (χ1) is 9.19. The first-order valence-electron chi connectivity index (χ1n) is 6.48. The molecule has 20 heavy (non-hydrogen) atoms. The lowest BCUT2D eigenvalue weighted by molar-refractivity contribution is -0.119. The number of aromatic amines is 1. The van der Waals surface area contributed by atoms with Crippen molar-refractivity contribution in [3.8, 4) is 0 Å². The highest BCUT2D eigenvalue weighted by atomic mass is 16.6. The van der Waals surface area contributed by atoms with E-state index in [1.54, 1.807) is 27.0 Å². The number of carbonyl (C=O) groups is 2. The highest BCUT2D eigenvalue weighted by Crippen LogP contribution is 2.10. The van der Waals surface area contributed by atoms with Crippen LogP contribution in [0.1, 0.15) is 34.6 Å². The lowest BCUT2D eigenvalue weighted by atomic mass is 10.0. The Bertz CT molecular complexity index is 449. The summed E-state index contributed by atoms with van der Waals surface area (Å²) < 4.78 is 5.16. The van der Waals surface area contributed by atoms with Crippen LogP contribution in [-0.4, -0.2) is 33.8 Å². The number of amides is 2. The largest absolute Gasteiger partial charge is 0.444 e. The topological polar surface area (TPSA) is 96.1 Å². The smallest absolute Gasteiger partial charge is 0.408 e. The summed E-state index contributed by atoms with van der Waals surface area (Å²) in [4.78, 5) is 23.9. The minimum absolute atomic E-state index is 0.0746. The van der Waals surface area contributed by atoms with E-state index < -0.39 is 17.7 Å². The van der Waals surface area contributed by atoms with Crippen LogP contribution in [-0.2, 0) is 9.53 Å². The zero-order chi connectivity index (χ0) is 15.3. The monoisotopic (exact) mass is 282 g/mol. The summed E-state index contributed by atoms with van der Waals surface area (Å²) in [7, 11) is 0. The van der Waals surface area contributed by atoms with Gasteiger partial charge in [-0.1, -0.05) is 13.8 Å². The molecule has 1 unspecified atom stereocenters. The molecule has 1 aromatic rings. The fourth-order valence-electron chi connectivity index (χ4n) is 1.51. The fraction of sp³-hybridized carbons (Fsp3) is 0.615. The van der Waals surface area contributed by atoms with Gasteiger partial charge in [-0.2, -0.15) is 5.10 Å². The molecular weight excluding hydrogens is 260 g/mol. The van der Waals surface area contributed by atoms with Crippen molar-refractivity contribution in [2.45, 2.75) is 46.3 Å². The Labute approximate surface area is 118 Å². The molecule has 0 saturated heterocycles. The SMILES string of the molecule is CC(C)C(NC(=O)OC(C)(C)C)C(=O)Nc1cn[nH]c1. The molecular formula is C13H22N4O3. The third kappa shape index (κ3) is 5.29. The van der Waals surface area contributed by atoms with Gasteiger partial charge in [-0.3, -0.25) is 9.89 Å². The Balaban J connectivity index is 2.64. The number of alkyl carbamates (subject to hydrolysis) is 1. The molecule has 0 spiro atoms. The first kappa shape index (κ1) is 16.0. The highest BCUT2D eigenvalue weighted by Gasteiger charge is 2.27. The van der Waals surface area contributed by atoms with Crippen molar-refractivity contribution >= 4 is 17.7 Å². The van der Waals surface area contributed by atoms with E-state index in [9.17, 15) is 9.59 Å². The van der Waals surface area contributed by atoms with Crippen LogP contribution in [0.15, 0.2) is 12.4 Å². The Morgan fingerprint density at radius 3 is 2.45 bits per heavy atom. The molecule has 1 heterocycles. The van der Waals surface area contributed by atoms with E-state index in [-0.39, 0.29) is 11.8 Å². The van der Waals surface area contributed by atoms with E-state index in [4.69, 9.17) is 4.74 Å². The van der Waals surface area contributed by atoms with Crippen LogP contribution in [0.3, 0.4) is 0 Å². The minimum atomic E-state index is -0.681. The molecule has 0 bridgehead atoms. The van der Waals surface area contributed by atoms with Gasteiger partial charge < -0.3 is 15.4 Å². The molecule has 0 aliphatic carbocycles. The maximum atomic E-state index is 12.1.